The molecule has 0 bridgehead atoms. The van der Waals surface area contributed by atoms with Crippen molar-refractivity contribution in [1.82, 2.24) is 0 Å². The third-order valence-electron chi connectivity index (χ3n) is 4.35. The maximum atomic E-state index is 12.3. The minimum atomic E-state index is -0.153. The van der Waals surface area contributed by atoms with Crippen LogP contribution in [0.15, 0.2) is 30.3 Å². The van der Waals surface area contributed by atoms with Crippen LogP contribution in [0.1, 0.15) is 38.5 Å². The van der Waals surface area contributed by atoms with Gasteiger partial charge in [0.2, 0.25) is 0 Å². The Balaban J connectivity index is 0.00000120. The van der Waals surface area contributed by atoms with Gasteiger partial charge in [-0.25, -0.2) is 0 Å². The SMILES string of the molecule is Cl.O=C1CCN(c2ccccc2)C12CCCCC2. The number of Topliss-reactive ketones (excluding diaryl/α,β-unsaturated/α-hetero) is 1. The lowest BCUT2D eigenvalue weighted by atomic mass is 9.79. The third-order valence-corrected chi connectivity index (χ3v) is 4.35. The Morgan fingerprint density at radius 1 is 1.00 bits per heavy atom. The number of hydrogen-bond donors (Lipinski definition) is 0. The Morgan fingerprint density at radius 2 is 1.67 bits per heavy atom. The maximum Gasteiger partial charge on any atom is 0.160 e. The van der Waals surface area contributed by atoms with Crippen molar-refractivity contribution in [3.8, 4) is 0 Å². The molecule has 3 rings (SSSR count). The first-order valence-electron chi connectivity index (χ1n) is 6.69. The van der Waals surface area contributed by atoms with Crippen LogP contribution in [-0.2, 0) is 4.79 Å². The fourth-order valence-electron chi connectivity index (χ4n) is 3.48. The van der Waals surface area contributed by atoms with Crippen molar-refractivity contribution in [2.24, 2.45) is 0 Å². The van der Waals surface area contributed by atoms with Crippen LogP contribution in [0, 0.1) is 0 Å². The molecular formula is C15H20ClNO. The van der Waals surface area contributed by atoms with Gasteiger partial charge < -0.3 is 4.90 Å². The van der Waals surface area contributed by atoms with E-state index in [1.54, 1.807) is 0 Å². The summed E-state index contributed by atoms with van der Waals surface area (Å²) in [5, 5.41) is 0. The summed E-state index contributed by atoms with van der Waals surface area (Å²) < 4.78 is 0. The molecule has 1 saturated heterocycles. The lowest BCUT2D eigenvalue weighted by Crippen LogP contribution is -2.50. The molecule has 1 aliphatic heterocycles. The van der Waals surface area contributed by atoms with Crippen LogP contribution in [0.4, 0.5) is 5.69 Å². The van der Waals surface area contributed by atoms with Crippen LogP contribution in [0.25, 0.3) is 0 Å². The van der Waals surface area contributed by atoms with E-state index in [1.165, 1.54) is 24.9 Å². The molecule has 0 aromatic heterocycles. The number of halogens is 1. The Bertz CT molecular complexity index is 412. The minimum Gasteiger partial charge on any atom is -0.358 e. The molecule has 2 fully saturated rings. The van der Waals surface area contributed by atoms with Gasteiger partial charge in [0.15, 0.2) is 5.78 Å². The van der Waals surface area contributed by atoms with Crippen molar-refractivity contribution in [1.29, 1.82) is 0 Å². The molecule has 0 N–H and O–H groups in total. The summed E-state index contributed by atoms with van der Waals surface area (Å²) in [6, 6.07) is 10.4. The van der Waals surface area contributed by atoms with Crippen molar-refractivity contribution in [2.75, 3.05) is 11.4 Å². The first-order valence-corrected chi connectivity index (χ1v) is 6.69. The van der Waals surface area contributed by atoms with Crippen molar-refractivity contribution in [3.05, 3.63) is 30.3 Å². The van der Waals surface area contributed by atoms with E-state index in [0.717, 1.165) is 25.8 Å². The smallest absolute Gasteiger partial charge is 0.160 e. The summed E-state index contributed by atoms with van der Waals surface area (Å²) in [6.07, 6.45) is 6.54. The molecule has 0 amide bonds. The summed E-state index contributed by atoms with van der Waals surface area (Å²) in [7, 11) is 0. The van der Waals surface area contributed by atoms with Crippen LogP contribution < -0.4 is 4.90 Å². The maximum absolute atomic E-state index is 12.3. The van der Waals surface area contributed by atoms with Crippen molar-refractivity contribution >= 4 is 23.9 Å². The highest BCUT2D eigenvalue weighted by Gasteiger charge is 2.48. The second-order valence-electron chi connectivity index (χ2n) is 5.25. The second kappa shape index (κ2) is 5.31. The highest BCUT2D eigenvalue weighted by atomic mass is 35.5. The number of hydrogen-bond acceptors (Lipinski definition) is 2. The number of nitrogens with zero attached hydrogens (tertiary/aromatic N) is 1. The quantitative estimate of drug-likeness (QED) is 0.773. The summed E-state index contributed by atoms with van der Waals surface area (Å²) in [5.41, 5.74) is 1.07. The highest BCUT2D eigenvalue weighted by Crippen LogP contribution is 2.41. The zero-order chi connectivity index (χ0) is 11.7. The van der Waals surface area contributed by atoms with Gasteiger partial charge in [0.05, 0.1) is 5.54 Å². The Kier molecular flexibility index (Phi) is 3.96. The molecular weight excluding hydrogens is 246 g/mol. The highest BCUT2D eigenvalue weighted by molar-refractivity contribution is 5.95. The molecule has 2 aliphatic rings. The number of carbonyl (C=O) groups is 1. The van der Waals surface area contributed by atoms with Gasteiger partial charge in [0, 0.05) is 18.7 Å². The summed E-state index contributed by atoms with van der Waals surface area (Å²) in [4.78, 5) is 14.7. The third kappa shape index (κ3) is 2.03. The number of carbonyl (C=O) groups excluding carboxylic acids is 1. The topological polar surface area (TPSA) is 20.3 Å². The fourth-order valence-corrected chi connectivity index (χ4v) is 3.48. The van der Waals surface area contributed by atoms with Gasteiger partial charge in [0.25, 0.3) is 0 Å². The molecule has 1 aliphatic carbocycles. The number of anilines is 1. The normalized spacial score (nSPS) is 22.0. The molecule has 18 heavy (non-hydrogen) atoms. The molecule has 0 unspecified atom stereocenters. The molecule has 1 aromatic rings. The predicted molar refractivity (Wildman–Crippen MR) is 76.5 cm³/mol. The van der Waals surface area contributed by atoms with E-state index >= 15 is 0 Å². The average molecular weight is 266 g/mol. The van der Waals surface area contributed by atoms with E-state index in [1.807, 2.05) is 6.07 Å². The number of rotatable bonds is 1. The van der Waals surface area contributed by atoms with E-state index in [2.05, 4.69) is 29.2 Å². The van der Waals surface area contributed by atoms with Crippen molar-refractivity contribution in [2.45, 2.75) is 44.1 Å². The van der Waals surface area contributed by atoms with Gasteiger partial charge in [-0.3, -0.25) is 4.79 Å². The number of para-hydroxylation sites is 1. The molecule has 1 spiro atoms. The molecule has 0 atom stereocenters. The van der Waals surface area contributed by atoms with Gasteiger partial charge in [-0.15, -0.1) is 12.4 Å². The van der Waals surface area contributed by atoms with Gasteiger partial charge in [-0.1, -0.05) is 37.5 Å². The van der Waals surface area contributed by atoms with Crippen molar-refractivity contribution in [3.63, 3.8) is 0 Å². The van der Waals surface area contributed by atoms with Gasteiger partial charge >= 0.3 is 0 Å². The molecule has 1 saturated carbocycles. The largest absolute Gasteiger partial charge is 0.358 e. The van der Waals surface area contributed by atoms with Crippen LogP contribution >= 0.6 is 12.4 Å². The monoisotopic (exact) mass is 265 g/mol. The summed E-state index contributed by atoms with van der Waals surface area (Å²) in [5.74, 6) is 0.473. The zero-order valence-corrected chi connectivity index (χ0v) is 11.4. The molecule has 1 aromatic carbocycles. The van der Waals surface area contributed by atoms with Gasteiger partial charge in [-0.2, -0.15) is 0 Å². The Labute approximate surface area is 115 Å². The lowest BCUT2D eigenvalue weighted by Gasteiger charge is -2.41. The molecule has 3 heteroatoms. The Morgan fingerprint density at radius 3 is 2.33 bits per heavy atom. The molecule has 1 heterocycles. The molecule has 2 nitrogen and oxygen atoms in total. The lowest BCUT2D eigenvalue weighted by molar-refractivity contribution is -0.122. The first kappa shape index (κ1) is 13.4. The van der Waals surface area contributed by atoms with Crippen LogP contribution in [0.3, 0.4) is 0 Å². The van der Waals surface area contributed by atoms with Gasteiger partial charge in [0.1, 0.15) is 0 Å². The van der Waals surface area contributed by atoms with E-state index in [-0.39, 0.29) is 17.9 Å². The number of benzene rings is 1. The van der Waals surface area contributed by atoms with E-state index in [4.69, 9.17) is 0 Å². The summed E-state index contributed by atoms with van der Waals surface area (Å²) in [6.45, 7) is 0.906. The van der Waals surface area contributed by atoms with E-state index in [9.17, 15) is 4.79 Å². The number of ketones is 1. The Hall–Kier alpha value is -1.02. The minimum absolute atomic E-state index is 0. The van der Waals surface area contributed by atoms with E-state index in [0.29, 0.717) is 5.78 Å². The zero-order valence-electron chi connectivity index (χ0n) is 10.6. The predicted octanol–water partition coefficient (Wildman–Crippen LogP) is 3.59. The van der Waals surface area contributed by atoms with Gasteiger partial charge in [-0.05, 0) is 25.0 Å². The fraction of sp³-hybridized carbons (Fsp3) is 0.533. The molecule has 98 valence electrons. The van der Waals surface area contributed by atoms with Crippen LogP contribution in [0.2, 0.25) is 0 Å². The summed E-state index contributed by atoms with van der Waals surface area (Å²) >= 11 is 0. The second-order valence-corrected chi connectivity index (χ2v) is 5.25. The van der Waals surface area contributed by atoms with Crippen LogP contribution in [-0.4, -0.2) is 17.9 Å². The molecule has 0 radical (unpaired) electrons. The first-order chi connectivity index (χ1) is 8.33. The standard InChI is InChI=1S/C15H19NO.ClH/c17-14-9-12-16(13-7-3-1-4-8-13)15(14)10-5-2-6-11-15;/h1,3-4,7-8H,2,5-6,9-12H2;1H. The van der Waals surface area contributed by atoms with E-state index < -0.39 is 0 Å². The van der Waals surface area contributed by atoms with Crippen LogP contribution in [0.5, 0.6) is 0 Å². The average Bonchev–Trinajstić information content (AvgIpc) is 2.69. The van der Waals surface area contributed by atoms with Crippen molar-refractivity contribution < 1.29 is 4.79 Å².